The highest BCUT2D eigenvalue weighted by atomic mass is 17.1. The van der Waals surface area contributed by atoms with Crippen LogP contribution in [0.1, 0.15) is 77.6 Å². The van der Waals surface area contributed by atoms with Gasteiger partial charge in [-0.15, -0.1) is 0 Å². The number of carbonyl (C=O) groups is 1. The Morgan fingerprint density at radius 1 is 0.957 bits per heavy atom. The third-order valence-electron chi connectivity index (χ3n) is 3.76. The zero-order chi connectivity index (χ0) is 17.2. The third-order valence-corrected chi connectivity index (χ3v) is 3.76. The Labute approximate surface area is 141 Å². The van der Waals surface area contributed by atoms with Crippen molar-refractivity contribution in [3.05, 3.63) is 24.3 Å². The van der Waals surface area contributed by atoms with E-state index in [1.165, 1.54) is 32.8 Å². The highest BCUT2D eigenvalue weighted by molar-refractivity contribution is 5.74. The van der Waals surface area contributed by atoms with Crippen LogP contribution in [0, 0.1) is 0 Å². The molecule has 0 spiro atoms. The van der Waals surface area contributed by atoms with E-state index in [9.17, 15) is 4.79 Å². The summed E-state index contributed by atoms with van der Waals surface area (Å²) in [6.07, 6.45) is 20.0. The lowest BCUT2D eigenvalue weighted by atomic mass is 10.1. The average molecular weight is 326 g/mol. The van der Waals surface area contributed by atoms with Gasteiger partial charge in [0.2, 0.25) is 0 Å². The molecular formula is C19H34O4. The number of carbonyl (C=O) groups excluding carboxylic acids is 1. The SMILES string of the molecule is CCCCC/C=C\C/C=C\CCCCCCC(OO)C(=O)OC. The standard InChI is InChI=1S/C19H34O4/c1-3-4-5-6-7-8-9-10-11-12-13-14-15-16-17-18(23-21)19(20)22-2/h7-8,10-11,18,21H,3-6,9,12-17H2,1-2H3/b8-7-,11-10-. The second-order valence-corrected chi connectivity index (χ2v) is 5.78. The Balaban J connectivity index is 3.41. The van der Waals surface area contributed by atoms with Crippen molar-refractivity contribution < 1.29 is 19.7 Å². The van der Waals surface area contributed by atoms with Crippen molar-refractivity contribution in [3.63, 3.8) is 0 Å². The van der Waals surface area contributed by atoms with Crippen LogP contribution in [0.3, 0.4) is 0 Å². The molecule has 0 heterocycles. The average Bonchev–Trinajstić information content (AvgIpc) is 2.58. The maximum Gasteiger partial charge on any atom is 0.338 e. The van der Waals surface area contributed by atoms with Crippen LogP contribution in [0.4, 0.5) is 0 Å². The Morgan fingerprint density at radius 2 is 1.57 bits per heavy atom. The highest BCUT2D eigenvalue weighted by Crippen LogP contribution is 2.10. The van der Waals surface area contributed by atoms with E-state index in [-0.39, 0.29) is 0 Å². The monoisotopic (exact) mass is 326 g/mol. The molecule has 4 nitrogen and oxygen atoms in total. The summed E-state index contributed by atoms with van der Waals surface area (Å²) in [6, 6.07) is 0. The largest absolute Gasteiger partial charge is 0.467 e. The number of hydrogen-bond donors (Lipinski definition) is 1. The van der Waals surface area contributed by atoms with Gasteiger partial charge in [-0.2, -0.15) is 0 Å². The van der Waals surface area contributed by atoms with Crippen molar-refractivity contribution in [3.8, 4) is 0 Å². The molecule has 0 rings (SSSR count). The Bertz CT molecular complexity index is 323. The van der Waals surface area contributed by atoms with Crippen molar-refractivity contribution in [1.82, 2.24) is 0 Å². The van der Waals surface area contributed by atoms with Gasteiger partial charge < -0.3 is 4.74 Å². The number of esters is 1. The lowest BCUT2D eigenvalue weighted by Crippen LogP contribution is -2.24. The first-order chi connectivity index (χ1) is 11.3. The van der Waals surface area contributed by atoms with E-state index in [1.54, 1.807) is 0 Å². The van der Waals surface area contributed by atoms with Gasteiger partial charge in [0.1, 0.15) is 0 Å². The summed E-state index contributed by atoms with van der Waals surface area (Å²) in [5.74, 6) is -0.516. The maximum atomic E-state index is 11.2. The molecule has 0 aromatic rings. The minimum absolute atomic E-state index is 0.502. The molecule has 0 aliphatic carbocycles. The van der Waals surface area contributed by atoms with Gasteiger partial charge in [0.15, 0.2) is 6.10 Å². The molecular weight excluding hydrogens is 292 g/mol. The van der Waals surface area contributed by atoms with Crippen LogP contribution in [0.5, 0.6) is 0 Å². The van der Waals surface area contributed by atoms with Crippen LogP contribution in [-0.2, 0) is 14.4 Å². The van der Waals surface area contributed by atoms with Crippen LogP contribution in [0.25, 0.3) is 0 Å². The van der Waals surface area contributed by atoms with E-state index >= 15 is 0 Å². The van der Waals surface area contributed by atoms with E-state index in [1.807, 2.05) is 0 Å². The van der Waals surface area contributed by atoms with Gasteiger partial charge in [-0.1, -0.05) is 63.3 Å². The van der Waals surface area contributed by atoms with E-state index in [0.29, 0.717) is 6.42 Å². The van der Waals surface area contributed by atoms with Crippen molar-refractivity contribution >= 4 is 5.97 Å². The first-order valence-electron chi connectivity index (χ1n) is 8.94. The number of allylic oxidation sites excluding steroid dienone is 4. The van der Waals surface area contributed by atoms with Crippen LogP contribution in [0.2, 0.25) is 0 Å². The molecule has 134 valence electrons. The molecule has 0 saturated carbocycles. The number of rotatable bonds is 15. The molecule has 0 aliphatic rings. The predicted octanol–water partition coefficient (Wildman–Crippen LogP) is 5.44. The summed E-state index contributed by atoms with van der Waals surface area (Å²) in [4.78, 5) is 15.3. The fraction of sp³-hybridized carbons (Fsp3) is 0.737. The van der Waals surface area contributed by atoms with Gasteiger partial charge in [-0.3, -0.25) is 5.26 Å². The first-order valence-corrected chi connectivity index (χ1v) is 8.94. The van der Waals surface area contributed by atoms with E-state index < -0.39 is 12.1 Å². The fourth-order valence-electron chi connectivity index (χ4n) is 2.31. The van der Waals surface area contributed by atoms with Gasteiger partial charge >= 0.3 is 5.97 Å². The Hall–Kier alpha value is -1.13. The molecule has 0 saturated heterocycles. The van der Waals surface area contributed by atoms with Crippen molar-refractivity contribution in [1.29, 1.82) is 0 Å². The molecule has 0 bridgehead atoms. The molecule has 0 aromatic carbocycles. The Kier molecular flexibility index (Phi) is 16.4. The second kappa shape index (κ2) is 17.2. The topological polar surface area (TPSA) is 55.8 Å². The lowest BCUT2D eigenvalue weighted by molar-refractivity contribution is -0.278. The molecule has 4 heteroatoms. The molecule has 23 heavy (non-hydrogen) atoms. The highest BCUT2D eigenvalue weighted by Gasteiger charge is 2.19. The Morgan fingerprint density at radius 3 is 2.13 bits per heavy atom. The van der Waals surface area contributed by atoms with Gasteiger partial charge in [-0.25, -0.2) is 9.68 Å². The number of ether oxygens (including phenoxy) is 1. The zero-order valence-electron chi connectivity index (χ0n) is 14.8. The molecule has 1 atom stereocenters. The van der Waals surface area contributed by atoms with Gasteiger partial charge in [-0.05, 0) is 38.5 Å². The minimum atomic E-state index is -0.844. The molecule has 1 unspecified atom stereocenters. The maximum absolute atomic E-state index is 11.2. The van der Waals surface area contributed by atoms with Gasteiger partial charge in [0.25, 0.3) is 0 Å². The number of methoxy groups -OCH3 is 1. The van der Waals surface area contributed by atoms with Gasteiger partial charge in [0.05, 0.1) is 7.11 Å². The normalized spacial score (nSPS) is 13.0. The van der Waals surface area contributed by atoms with Crippen molar-refractivity contribution in [2.24, 2.45) is 0 Å². The molecule has 0 aromatic heterocycles. The minimum Gasteiger partial charge on any atom is -0.467 e. The van der Waals surface area contributed by atoms with Crippen molar-refractivity contribution in [2.75, 3.05) is 7.11 Å². The summed E-state index contributed by atoms with van der Waals surface area (Å²) >= 11 is 0. The predicted molar refractivity (Wildman–Crippen MR) is 94.3 cm³/mol. The first kappa shape index (κ1) is 21.9. The molecule has 0 radical (unpaired) electrons. The fourth-order valence-corrected chi connectivity index (χ4v) is 2.31. The summed E-state index contributed by atoms with van der Waals surface area (Å²) < 4.78 is 4.53. The molecule has 0 aliphatic heterocycles. The van der Waals surface area contributed by atoms with E-state index in [2.05, 4.69) is 40.9 Å². The molecule has 0 amide bonds. The van der Waals surface area contributed by atoms with E-state index in [4.69, 9.17) is 5.26 Å². The second-order valence-electron chi connectivity index (χ2n) is 5.78. The van der Waals surface area contributed by atoms with Crippen LogP contribution < -0.4 is 0 Å². The van der Waals surface area contributed by atoms with Crippen LogP contribution in [0.15, 0.2) is 24.3 Å². The smallest absolute Gasteiger partial charge is 0.338 e. The summed E-state index contributed by atoms with van der Waals surface area (Å²) in [5.41, 5.74) is 0. The lowest BCUT2D eigenvalue weighted by Gasteiger charge is -2.10. The third kappa shape index (κ3) is 14.2. The van der Waals surface area contributed by atoms with Crippen LogP contribution >= 0.6 is 0 Å². The molecule has 0 fully saturated rings. The van der Waals surface area contributed by atoms with E-state index in [0.717, 1.165) is 38.5 Å². The zero-order valence-corrected chi connectivity index (χ0v) is 14.8. The summed E-state index contributed by atoms with van der Waals surface area (Å²) in [6.45, 7) is 2.23. The van der Waals surface area contributed by atoms with Gasteiger partial charge in [0, 0.05) is 0 Å². The van der Waals surface area contributed by atoms with Crippen LogP contribution in [-0.4, -0.2) is 24.4 Å². The quantitative estimate of drug-likeness (QED) is 0.143. The summed E-state index contributed by atoms with van der Waals surface area (Å²) in [7, 11) is 1.29. The molecule has 1 N–H and O–H groups in total. The summed E-state index contributed by atoms with van der Waals surface area (Å²) in [5, 5.41) is 8.62. The van der Waals surface area contributed by atoms with Crippen molar-refractivity contribution in [2.45, 2.75) is 83.7 Å². The number of unbranched alkanes of at least 4 members (excludes halogenated alkanes) is 7. The number of hydrogen-bond acceptors (Lipinski definition) is 4.